The third kappa shape index (κ3) is 3.48. The van der Waals surface area contributed by atoms with Gasteiger partial charge in [0.2, 0.25) is 0 Å². The van der Waals surface area contributed by atoms with Gasteiger partial charge in [0.05, 0.1) is 11.4 Å². The minimum absolute atomic E-state index is 0.0304. The summed E-state index contributed by atoms with van der Waals surface area (Å²) in [6.45, 7) is 0. The largest absolute Gasteiger partial charge is 0.508 e. The van der Waals surface area contributed by atoms with E-state index >= 15 is 0 Å². The first kappa shape index (κ1) is 16.9. The van der Waals surface area contributed by atoms with E-state index in [1.165, 1.54) is 12.1 Å². The average Bonchev–Trinajstić information content (AvgIpc) is 2.54. The number of phenols is 1. The SMILES string of the molecule is N#Cc1c(N)nc(SCNC(=O)O)c(C#N)c1-c1ccc(O)cc1. The number of aromatic hydroxyl groups is 1. The highest BCUT2D eigenvalue weighted by atomic mass is 32.2. The molecule has 0 fully saturated rings. The molecule has 0 atom stereocenters. The Bertz CT molecular complexity index is 869. The van der Waals surface area contributed by atoms with Crippen molar-refractivity contribution in [2.45, 2.75) is 5.03 Å². The number of anilines is 1. The van der Waals surface area contributed by atoms with Crippen LogP contribution in [0.3, 0.4) is 0 Å². The predicted octanol–water partition coefficient (Wildman–Crippen LogP) is 2.10. The second kappa shape index (κ2) is 7.22. The first-order valence-corrected chi connectivity index (χ1v) is 7.49. The number of nitriles is 2. The van der Waals surface area contributed by atoms with Crippen molar-refractivity contribution in [1.82, 2.24) is 10.3 Å². The van der Waals surface area contributed by atoms with E-state index in [1.807, 2.05) is 12.1 Å². The summed E-state index contributed by atoms with van der Waals surface area (Å²) < 4.78 is 0. The summed E-state index contributed by atoms with van der Waals surface area (Å²) in [6, 6.07) is 9.87. The predicted molar refractivity (Wildman–Crippen MR) is 87.1 cm³/mol. The van der Waals surface area contributed by atoms with Crippen LogP contribution in [-0.4, -0.2) is 27.2 Å². The van der Waals surface area contributed by atoms with Crippen LogP contribution in [0.5, 0.6) is 5.75 Å². The number of benzene rings is 1. The fourth-order valence-electron chi connectivity index (χ4n) is 1.99. The molecule has 2 aromatic rings. The highest BCUT2D eigenvalue weighted by Gasteiger charge is 2.20. The van der Waals surface area contributed by atoms with Gasteiger partial charge in [0.25, 0.3) is 0 Å². The molecule has 0 unspecified atom stereocenters. The van der Waals surface area contributed by atoms with Crippen LogP contribution in [0.25, 0.3) is 11.1 Å². The molecule has 24 heavy (non-hydrogen) atoms. The Morgan fingerprint density at radius 3 is 2.42 bits per heavy atom. The van der Waals surface area contributed by atoms with Crippen molar-refractivity contribution in [2.75, 3.05) is 11.6 Å². The quantitative estimate of drug-likeness (QED) is 0.486. The molecular weight excluding hydrogens is 330 g/mol. The number of nitrogens with one attached hydrogen (secondary N) is 1. The van der Waals surface area contributed by atoms with E-state index in [2.05, 4.69) is 10.3 Å². The lowest BCUT2D eigenvalue weighted by molar-refractivity contribution is 0.196. The monoisotopic (exact) mass is 341 g/mol. The number of aromatic nitrogens is 1. The molecule has 1 aromatic heterocycles. The van der Waals surface area contributed by atoms with E-state index in [0.717, 1.165) is 11.8 Å². The topological polar surface area (TPSA) is 156 Å². The Morgan fingerprint density at radius 1 is 1.25 bits per heavy atom. The van der Waals surface area contributed by atoms with Crippen LogP contribution in [0.1, 0.15) is 11.1 Å². The molecule has 2 rings (SSSR count). The molecule has 5 N–H and O–H groups in total. The molecule has 0 radical (unpaired) electrons. The van der Waals surface area contributed by atoms with Gasteiger partial charge in [0, 0.05) is 5.56 Å². The molecule has 120 valence electrons. The summed E-state index contributed by atoms with van der Waals surface area (Å²) >= 11 is 0.981. The lowest BCUT2D eigenvalue weighted by Crippen LogP contribution is -2.20. The molecule has 1 aromatic carbocycles. The molecular formula is C15H11N5O3S. The zero-order valence-electron chi connectivity index (χ0n) is 12.1. The van der Waals surface area contributed by atoms with Gasteiger partial charge in [0.15, 0.2) is 0 Å². The zero-order chi connectivity index (χ0) is 17.7. The molecule has 0 aliphatic heterocycles. The summed E-state index contributed by atoms with van der Waals surface area (Å²) in [5.41, 5.74) is 6.79. The summed E-state index contributed by atoms with van der Waals surface area (Å²) in [6.07, 6.45) is -1.21. The lowest BCUT2D eigenvalue weighted by Gasteiger charge is -2.13. The van der Waals surface area contributed by atoms with Gasteiger partial charge in [0.1, 0.15) is 34.3 Å². The zero-order valence-corrected chi connectivity index (χ0v) is 13.0. The molecule has 0 bridgehead atoms. The van der Waals surface area contributed by atoms with Crippen LogP contribution in [0.2, 0.25) is 0 Å². The van der Waals surface area contributed by atoms with Crippen LogP contribution in [0.15, 0.2) is 29.3 Å². The minimum Gasteiger partial charge on any atom is -0.508 e. The standard InChI is InChI=1S/C15H11N5O3S/c16-5-10-12(8-1-3-9(21)4-2-8)11(6-17)14(20-13(10)18)24-7-19-15(22)23/h1-4,19,21H,7H2,(H2,18,20)(H,22,23). The summed E-state index contributed by atoms with van der Waals surface area (Å²) in [4.78, 5) is 14.6. The van der Waals surface area contributed by atoms with Crippen LogP contribution < -0.4 is 11.1 Å². The number of phenolic OH excluding ortho intramolecular Hbond substituents is 1. The Balaban J connectivity index is 2.60. The second-order valence-electron chi connectivity index (χ2n) is 4.47. The van der Waals surface area contributed by atoms with E-state index in [-0.39, 0.29) is 33.6 Å². The molecule has 0 aliphatic carbocycles. The van der Waals surface area contributed by atoms with Crippen LogP contribution in [0, 0.1) is 22.7 Å². The first-order valence-electron chi connectivity index (χ1n) is 6.50. The van der Waals surface area contributed by atoms with Gasteiger partial charge >= 0.3 is 6.09 Å². The van der Waals surface area contributed by atoms with E-state index < -0.39 is 6.09 Å². The molecule has 0 saturated heterocycles. The van der Waals surface area contributed by atoms with Crippen molar-refractivity contribution in [3.05, 3.63) is 35.4 Å². The lowest BCUT2D eigenvalue weighted by atomic mass is 9.97. The number of amides is 1. The maximum Gasteiger partial charge on any atom is 0.405 e. The van der Waals surface area contributed by atoms with Crippen LogP contribution in [-0.2, 0) is 0 Å². The number of hydrogen-bond acceptors (Lipinski definition) is 7. The van der Waals surface area contributed by atoms with Gasteiger partial charge in [-0.1, -0.05) is 23.9 Å². The van der Waals surface area contributed by atoms with Gasteiger partial charge in [-0.2, -0.15) is 10.5 Å². The highest BCUT2D eigenvalue weighted by molar-refractivity contribution is 7.99. The molecule has 1 heterocycles. The molecule has 0 aliphatic rings. The minimum atomic E-state index is -1.21. The van der Waals surface area contributed by atoms with Crippen molar-refractivity contribution in [3.63, 3.8) is 0 Å². The number of thioether (sulfide) groups is 1. The van der Waals surface area contributed by atoms with Gasteiger partial charge in [-0.25, -0.2) is 9.78 Å². The third-order valence-electron chi connectivity index (χ3n) is 3.00. The van der Waals surface area contributed by atoms with Crippen molar-refractivity contribution in [2.24, 2.45) is 0 Å². The highest BCUT2D eigenvalue weighted by Crippen LogP contribution is 2.35. The number of rotatable bonds is 4. The summed E-state index contributed by atoms with van der Waals surface area (Å²) in [5.74, 6) is -0.0485. The number of hydrogen-bond donors (Lipinski definition) is 4. The number of nitrogens with zero attached hydrogens (tertiary/aromatic N) is 3. The fraction of sp³-hybridized carbons (Fsp3) is 0.0667. The number of pyridine rings is 1. The fourth-order valence-corrected chi connectivity index (χ4v) is 2.77. The van der Waals surface area contributed by atoms with Gasteiger partial charge in [-0.3, -0.25) is 0 Å². The van der Waals surface area contributed by atoms with Crippen molar-refractivity contribution >= 4 is 23.7 Å². The first-order chi connectivity index (χ1) is 11.5. The van der Waals surface area contributed by atoms with E-state index in [1.54, 1.807) is 12.1 Å². The molecule has 8 nitrogen and oxygen atoms in total. The third-order valence-corrected chi connectivity index (χ3v) is 3.86. The van der Waals surface area contributed by atoms with Crippen molar-refractivity contribution in [3.8, 4) is 29.0 Å². The molecule has 1 amide bonds. The second-order valence-corrected chi connectivity index (χ2v) is 5.43. The summed E-state index contributed by atoms with van der Waals surface area (Å²) in [7, 11) is 0. The van der Waals surface area contributed by atoms with E-state index in [0.29, 0.717) is 11.1 Å². The van der Waals surface area contributed by atoms with Crippen molar-refractivity contribution in [1.29, 1.82) is 10.5 Å². The van der Waals surface area contributed by atoms with E-state index in [4.69, 9.17) is 10.8 Å². The smallest absolute Gasteiger partial charge is 0.405 e. The Kier molecular flexibility index (Phi) is 5.09. The number of carboxylic acid groups (broad SMARTS) is 1. The van der Waals surface area contributed by atoms with Gasteiger partial charge in [-0.15, -0.1) is 0 Å². The number of carbonyl (C=O) groups is 1. The van der Waals surface area contributed by atoms with Crippen molar-refractivity contribution < 1.29 is 15.0 Å². The van der Waals surface area contributed by atoms with Crippen LogP contribution >= 0.6 is 11.8 Å². The van der Waals surface area contributed by atoms with Crippen LogP contribution in [0.4, 0.5) is 10.6 Å². The molecule has 0 spiro atoms. The van der Waals surface area contributed by atoms with E-state index in [9.17, 15) is 20.4 Å². The maximum atomic E-state index is 10.5. The average molecular weight is 341 g/mol. The number of nitrogens with two attached hydrogens (primary N) is 1. The van der Waals surface area contributed by atoms with Gasteiger partial charge < -0.3 is 21.3 Å². The van der Waals surface area contributed by atoms with Gasteiger partial charge in [-0.05, 0) is 17.7 Å². The normalized spacial score (nSPS) is 9.75. The molecule has 9 heteroatoms. The summed E-state index contributed by atoms with van der Waals surface area (Å²) in [5, 5.41) is 39.2. The Hall–Kier alpha value is -3.43. The maximum absolute atomic E-state index is 10.5. The Morgan fingerprint density at radius 2 is 1.88 bits per heavy atom. The number of nitrogen functional groups attached to an aromatic ring is 1. The Labute approximate surface area is 141 Å². The molecule has 0 saturated carbocycles.